The van der Waals surface area contributed by atoms with Gasteiger partial charge < -0.3 is 14.2 Å². The molecule has 0 N–H and O–H groups in total. The van der Waals surface area contributed by atoms with Crippen molar-refractivity contribution in [1.82, 2.24) is 0 Å². The van der Waals surface area contributed by atoms with Gasteiger partial charge in [0.2, 0.25) is 0 Å². The monoisotopic (exact) mass is 1030 g/mol. The normalized spacial score (nSPS) is 12.4. The van der Waals surface area contributed by atoms with E-state index < -0.39 is 6.10 Å². The summed E-state index contributed by atoms with van der Waals surface area (Å²) in [6.45, 7) is 6.47. The third-order valence-corrected chi connectivity index (χ3v) is 14.3. The molecule has 0 aromatic carbocycles. The first kappa shape index (κ1) is 71.1. The first-order valence-electron chi connectivity index (χ1n) is 32.3. The zero-order chi connectivity index (χ0) is 53.6. The third-order valence-electron chi connectivity index (χ3n) is 14.3. The van der Waals surface area contributed by atoms with Gasteiger partial charge in [0.1, 0.15) is 13.2 Å². The molecule has 0 heterocycles. The van der Waals surface area contributed by atoms with E-state index in [4.69, 9.17) is 14.2 Å². The van der Waals surface area contributed by atoms with E-state index >= 15 is 0 Å². The van der Waals surface area contributed by atoms with Gasteiger partial charge in [-0.25, -0.2) is 0 Å². The van der Waals surface area contributed by atoms with Crippen LogP contribution in [0.5, 0.6) is 0 Å². The molecule has 0 saturated carbocycles. The Morgan fingerprint density at radius 2 is 0.527 bits per heavy atom. The highest BCUT2D eigenvalue weighted by molar-refractivity contribution is 5.71. The third kappa shape index (κ3) is 60.0. The minimum atomic E-state index is -0.780. The molecule has 0 fully saturated rings. The second-order valence-electron chi connectivity index (χ2n) is 21.7. The molecule has 430 valence electrons. The van der Waals surface area contributed by atoms with Crippen molar-refractivity contribution in [2.45, 2.75) is 341 Å². The lowest BCUT2D eigenvalue weighted by Crippen LogP contribution is -2.30. The van der Waals surface area contributed by atoms with Crippen molar-refractivity contribution in [3.05, 3.63) is 60.8 Å². The Labute approximate surface area is 460 Å². The van der Waals surface area contributed by atoms with Gasteiger partial charge in [-0.2, -0.15) is 0 Å². The maximum Gasteiger partial charge on any atom is 0.306 e. The molecule has 0 aromatic rings. The van der Waals surface area contributed by atoms with Gasteiger partial charge in [0.15, 0.2) is 6.10 Å². The molecular formula is C68H122O6. The Balaban J connectivity index is 3.98. The maximum absolute atomic E-state index is 12.8. The molecule has 1 atom stereocenters. The predicted octanol–water partition coefficient (Wildman–Crippen LogP) is 21.9. The fraction of sp³-hybridized carbons (Fsp3) is 0.809. The summed E-state index contributed by atoms with van der Waals surface area (Å²) in [5, 5.41) is 0. The number of esters is 3. The molecular weight excluding hydrogens is 913 g/mol. The zero-order valence-corrected chi connectivity index (χ0v) is 49.4. The lowest BCUT2D eigenvalue weighted by Gasteiger charge is -2.18. The summed E-state index contributed by atoms with van der Waals surface area (Å²) in [5.41, 5.74) is 0. The number of carbonyl (C=O) groups excluding carboxylic acids is 3. The number of hydrogen-bond acceptors (Lipinski definition) is 6. The number of ether oxygens (including phenoxy) is 3. The number of rotatable bonds is 59. The smallest absolute Gasteiger partial charge is 0.306 e. The molecule has 6 heteroatoms. The van der Waals surface area contributed by atoms with Crippen LogP contribution in [0.25, 0.3) is 0 Å². The van der Waals surface area contributed by atoms with Crippen LogP contribution in [0.2, 0.25) is 0 Å². The Morgan fingerprint density at radius 1 is 0.284 bits per heavy atom. The van der Waals surface area contributed by atoms with Crippen LogP contribution in [0.3, 0.4) is 0 Å². The van der Waals surface area contributed by atoms with Crippen molar-refractivity contribution in [2.24, 2.45) is 0 Å². The van der Waals surface area contributed by atoms with E-state index in [-0.39, 0.29) is 31.1 Å². The van der Waals surface area contributed by atoms with E-state index in [1.54, 1.807) is 0 Å². The minimum Gasteiger partial charge on any atom is -0.462 e. The van der Waals surface area contributed by atoms with E-state index in [0.717, 1.165) is 116 Å². The molecule has 0 rings (SSSR count). The Hall–Kier alpha value is -2.89. The fourth-order valence-corrected chi connectivity index (χ4v) is 9.47. The summed E-state index contributed by atoms with van der Waals surface area (Å²) in [4.78, 5) is 37.9. The molecule has 0 bridgehead atoms. The van der Waals surface area contributed by atoms with E-state index in [0.29, 0.717) is 19.3 Å². The van der Waals surface area contributed by atoms with Crippen LogP contribution in [0.4, 0.5) is 0 Å². The standard InChI is InChI=1S/C68H122O6/c1-4-7-10-13-15-17-19-21-23-25-27-29-30-31-32-33-34-35-36-37-39-40-42-44-46-48-50-52-55-58-61-67(70)73-64-65(63-72-66(69)60-57-54-12-9-6-3)74-68(71)62-59-56-53-51-49-47-45-43-41-38-28-26-24-22-20-18-16-14-11-8-5-2/h8,11,16,18,22,24,28,38,43,45,65H,4-7,9-10,12-15,17,19-21,23,25-27,29-37,39-42,44,46-64H2,1-3H3/b11-8-,18-16-,24-22-,38-28-,45-43-. The first-order valence-corrected chi connectivity index (χ1v) is 32.3. The minimum absolute atomic E-state index is 0.0796. The lowest BCUT2D eigenvalue weighted by atomic mass is 10.0. The molecule has 0 aromatic heterocycles. The lowest BCUT2D eigenvalue weighted by molar-refractivity contribution is -0.167. The summed E-state index contributed by atoms with van der Waals surface area (Å²) >= 11 is 0. The largest absolute Gasteiger partial charge is 0.462 e. The highest BCUT2D eigenvalue weighted by Gasteiger charge is 2.19. The van der Waals surface area contributed by atoms with Crippen LogP contribution >= 0.6 is 0 Å². The van der Waals surface area contributed by atoms with E-state index in [1.807, 2.05) is 0 Å². The number of allylic oxidation sites excluding steroid dienone is 10. The van der Waals surface area contributed by atoms with Gasteiger partial charge >= 0.3 is 17.9 Å². The van der Waals surface area contributed by atoms with E-state index in [1.165, 1.54) is 180 Å². The molecule has 0 aliphatic rings. The van der Waals surface area contributed by atoms with Crippen molar-refractivity contribution < 1.29 is 28.6 Å². The van der Waals surface area contributed by atoms with Crippen molar-refractivity contribution in [3.8, 4) is 0 Å². The highest BCUT2D eigenvalue weighted by Crippen LogP contribution is 2.18. The molecule has 0 aliphatic heterocycles. The van der Waals surface area contributed by atoms with Crippen LogP contribution < -0.4 is 0 Å². The van der Waals surface area contributed by atoms with Crippen LogP contribution in [0.1, 0.15) is 335 Å². The Bertz CT molecular complexity index is 1330. The van der Waals surface area contributed by atoms with Crippen LogP contribution in [-0.2, 0) is 28.6 Å². The molecule has 6 nitrogen and oxygen atoms in total. The maximum atomic E-state index is 12.8. The summed E-state index contributed by atoms with van der Waals surface area (Å²) in [7, 11) is 0. The summed E-state index contributed by atoms with van der Waals surface area (Å²) in [6.07, 6.45) is 80.1. The van der Waals surface area contributed by atoms with E-state index in [2.05, 4.69) is 81.5 Å². The Kier molecular flexibility index (Phi) is 60.2. The number of carbonyl (C=O) groups is 3. The summed E-state index contributed by atoms with van der Waals surface area (Å²) < 4.78 is 16.8. The van der Waals surface area contributed by atoms with Gasteiger partial charge in [-0.3, -0.25) is 14.4 Å². The summed E-state index contributed by atoms with van der Waals surface area (Å²) in [5.74, 6) is -0.899. The molecule has 0 amide bonds. The zero-order valence-electron chi connectivity index (χ0n) is 49.4. The van der Waals surface area contributed by atoms with Crippen molar-refractivity contribution in [1.29, 1.82) is 0 Å². The van der Waals surface area contributed by atoms with E-state index in [9.17, 15) is 14.4 Å². The molecule has 0 radical (unpaired) electrons. The molecule has 74 heavy (non-hydrogen) atoms. The van der Waals surface area contributed by atoms with Gasteiger partial charge in [0.25, 0.3) is 0 Å². The quantitative estimate of drug-likeness (QED) is 0.0261. The topological polar surface area (TPSA) is 78.9 Å². The van der Waals surface area contributed by atoms with Gasteiger partial charge in [-0.1, -0.05) is 313 Å². The van der Waals surface area contributed by atoms with Crippen molar-refractivity contribution >= 4 is 17.9 Å². The first-order chi connectivity index (χ1) is 36.5. The van der Waals surface area contributed by atoms with Crippen LogP contribution in [0, 0.1) is 0 Å². The van der Waals surface area contributed by atoms with Gasteiger partial charge in [-0.15, -0.1) is 0 Å². The van der Waals surface area contributed by atoms with Gasteiger partial charge in [0.05, 0.1) is 0 Å². The molecule has 0 aliphatic carbocycles. The average Bonchev–Trinajstić information content (AvgIpc) is 3.40. The highest BCUT2D eigenvalue weighted by atomic mass is 16.6. The Morgan fingerprint density at radius 3 is 0.824 bits per heavy atom. The van der Waals surface area contributed by atoms with Gasteiger partial charge in [0, 0.05) is 19.3 Å². The van der Waals surface area contributed by atoms with Gasteiger partial charge in [-0.05, 0) is 64.2 Å². The molecule has 0 saturated heterocycles. The average molecular weight is 1040 g/mol. The van der Waals surface area contributed by atoms with Crippen LogP contribution in [0.15, 0.2) is 60.8 Å². The SMILES string of the molecule is CC/C=C\C/C=C\C/C=C\C/C=C\C/C=C\CCCCCCCC(=O)OC(COC(=O)CCCCCCC)COC(=O)CCCCCCCCCCCCCCCCCCCCCCCCCCCCCCCC. The fourth-order valence-electron chi connectivity index (χ4n) is 9.47. The number of unbranched alkanes of at least 4 members (excludes halogenated alkanes) is 38. The summed E-state index contributed by atoms with van der Waals surface area (Å²) in [6, 6.07) is 0. The predicted molar refractivity (Wildman–Crippen MR) is 321 cm³/mol. The molecule has 1 unspecified atom stereocenters. The second kappa shape index (κ2) is 62.6. The molecule has 0 spiro atoms. The number of hydrogen-bond donors (Lipinski definition) is 0. The van der Waals surface area contributed by atoms with Crippen molar-refractivity contribution in [3.63, 3.8) is 0 Å². The van der Waals surface area contributed by atoms with Crippen LogP contribution in [-0.4, -0.2) is 37.2 Å². The van der Waals surface area contributed by atoms with Crippen molar-refractivity contribution in [2.75, 3.05) is 13.2 Å². The second-order valence-corrected chi connectivity index (χ2v) is 21.7.